The fourth-order valence-electron chi connectivity index (χ4n) is 4.94. The summed E-state index contributed by atoms with van der Waals surface area (Å²) < 4.78 is 10.5. The summed E-state index contributed by atoms with van der Waals surface area (Å²) in [4.78, 5) is 24.2. The molecule has 0 heterocycles. The third kappa shape index (κ3) is 34.9. The number of aliphatic hydroxyl groups excluding tert-OH is 3. The van der Waals surface area contributed by atoms with Gasteiger partial charge in [-0.2, -0.15) is 0 Å². The van der Waals surface area contributed by atoms with Crippen molar-refractivity contribution in [1.29, 1.82) is 0 Å². The predicted molar refractivity (Wildman–Crippen MR) is 203 cm³/mol. The average molecular weight is 687 g/mol. The number of aliphatic hydroxyl groups is 3. The zero-order chi connectivity index (χ0) is 36.2. The van der Waals surface area contributed by atoms with Gasteiger partial charge in [0.2, 0.25) is 0 Å². The summed E-state index contributed by atoms with van der Waals surface area (Å²) in [6.07, 6.45) is 38.9. The van der Waals surface area contributed by atoms with E-state index in [9.17, 15) is 24.9 Å². The molecule has 0 unspecified atom stereocenters. The second-order valence-electron chi connectivity index (χ2n) is 13.2. The fraction of sp³-hybridized carbons (Fsp3) is 0.667. The Balaban J connectivity index is 3.86. The molecule has 0 aromatic rings. The Kier molecular flexibility index (Phi) is 33.1. The van der Waals surface area contributed by atoms with Gasteiger partial charge in [-0.15, -0.1) is 0 Å². The first-order valence-electron chi connectivity index (χ1n) is 19.1. The molecule has 0 aliphatic heterocycles. The molecular formula is C42H70O7. The van der Waals surface area contributed by atoms with Gasteiger partial charge in [0.1, 0.15) is 6.61 Å². The van der Waals surface area contributed by atoms with Gasteiger partial charge in [-0.3, -0.25) is 9.59 Å². The number of unbranched alkanes of at least 4 members (excludes halogenated alkanes) is 10. The molecule has 0 aliphatic rings. The third-order valence-corrected chi connectivity index (χ3v) is 7.87. The van der Waals surface area contributed by atoms with E-state index in [1.807, 2.05) is 48.6 Å². The Hall–Kier alpha value is -2.74. The van der Waals surface area contributed by atoms with Crippen molar-refractivity contribution in [3.63, 3.8) is 0 Å². The average Bonchev–Trinajstić information content (AvgIpc) is 3.07. The Morgan fingerprint density at radius 1 is 0.633 bits per heavy atom. The number of carbonyl (C=O) groups is 2. The fourth-order valence-corrected chi connectivity index (χ4v) is 4.94. The number of allylic oxidation sites excluding steroid dienone is 8. The summed E-state index contributed by atoms with van der Waals surface area (Å²) in [7, 11) is 0. The highest BCUT2D eigenvalue weighted by Gasteiger charge is 2.15. The summed E-state index contributed by atoms with van der Waals surface area (Å²) in [6, 6.07) is 0. The number of hydrogen-bond acceptors (Lipinski definition) is 7. The molecule has 0 fully saturated rings. The highest BCUT2D eigenvalue weighted by molar-refractivity contribution is 5.70. The van der Waals surface area contributed by atoms with Crippen LogP contribution in [-0.4, -0.2) is 58.8 Å². The van der Waals surface area contributed by atoms with Crippen LogP contribution in [0.2, 0.25) is 0 Å². The van der Waals surface area contributed by atoms with E-state index in [0.717, 1.165) is 31.6 Å². The maximum atomic E-state index is 12.1. The predicted octanol–water partition coefficient (Wildman–Crippen LogP) is 9.58. The summed E-state index contributed by atoms with van der Waals surface area (Å²) in [5.74, 6) is 0.0566. The molecule has 0 spiro atoms. The lowest BCUT2D eigenvalue weighted by atomic mass is 10.0. The second kappa shape index (κ2) is 35.1. The molecule has 0 aliphatic carbocycles. The molecule has 49 heavy (non-hydrogen) atoms. The molecule has 0 bridgehead atoms. The van der Waals surface area contributed by atoms with Gasteiger partial charge in [0.15, 0.2) is 6.10 Å². The van der Waals surface area contributed by atoms with Crippen LogP contribution in [0, 0.1) is 5.92 Å². The molecule has 0 amide bonds. The van der Waals surface area contributed by atoms with E-state index in [4.69, 9.17) is 9.47 Å². The van der Waals surface area contributed by atoms with Gasteiger partial charge < -0.3 is 24.8 Å². The maximum Gasteiger partial charge on any atom is 0.306 e. The normalized spacial score (nSPS) is 14.4. The van der Waals surface area contributed by atoms with Gasteiger partial charge in [0, 0.05) is 12.8 Å². The number of carbonyl (C=O) groups excluding carboxylic acids is 2. The SMILES string of the molecule is CC/C=C\C[C@H](O)/C=C/C=C\C=C\[C@H](O)C/C=C\C/C=C\CCC(=O)O[C@@H](CO)COC(=O)CCCCCCCCCCCCCC(C)C. The lowest BCUT2D eigenvalue weighted by Crippen LogP contribution is -2.28. The largest absolute Gasteiger partial charge is 0.462 e. The van der Waals surface area contributed by atoms with Crippen molar-refractivity contribution in [2.75, 3.05) is 13.2 Å². The van der Waals surface area contributed by atoms with E-state index in [1.54, 1.807) is 24.3 Å². The highest BCUT2D eigenvalue weighted by Crippen LogP contribution is 2.14. The Bertz CT molecular complexity index is 960. The number of hydrogen-bond donors (Lipinski definition) is 3. The molecule has 0 rings (SSSR count). The number of ether oxygens (including phenoxy) is 2. The molecule has 0 saturated heterocycles. The topological polar surface area (TPSA) is 113 Å². The summed E-state index contributed by atoms with van der Waals surface area (Å²) in [5.41, 5.74) is 0. The molecule has 0 radical (unpaired) electrons. The van der Waals surface area contributed by atoms with Gasteiger partial charge in [-0.05, 0) is 44.4 Å². The van der Waals surface area contributed by atoms with Gasteiger partial charge in [0.25, 0.3) is 0 Å². The van der Waals surface area contributed by atoms with Crippen LogP contribution in [0.5, 0.6) is 0 Å². The standard InChI is InChI=1S/C42H70O7/c1-4-5-21-29-38(44)31-24-19-20-25-32-39(45)30-23-16-13-14-18-27-34-42(47)49-40(35-43)36-48-41(46)33-26-17-12-10-8-6-7-9-11-15-22-28-37(2)3/h5,14,16,18-21,23-25,31-32,37-40,43-45H,4,6-13,15,17,22,26-30,33-36H2,1-3H3/b18-14-,20-19-,21-5-,23-16-,31-24+,32-25+/t38-,39+,40-/m0/s1. The van der Waals surface area contributed by atoms with Crippen molar-refractivity contribution >= 4 is 11.9 Å². The van der Waals surface area contributed by atoms with Crippen LogP contribution in [0.3, 0.4) is 0 Å². The van der Waals surface area contributed by atoms with E-state index in [1.165, 1.54) is 57.8 Å². The van der Waals surface area contributed by atoms with Crippen LogP contribution in [0.4, 0.5) is 0 Å². The molecular weight excluding hydrogens is 616 g/mol. The Morgan fingerprint density at radius 2 is 1.16 bits per heavy atom. The van der Waals surface area contributed by atoms with Crippen molar-refractivity contribution < 1.29 is 34.4 Å². The van der Waals surface area contributed by atoms with Crippen LogP contribution in [0.25, 0.3) is 0 Å². The number of rotatable bonds is 32. The molecule has 0 saturated carbocycles. The molecule has 0 aromatic heterocycles. The van der Waals surface area contributed by atoms with E-state index >= 15 is 0 Å². The van der Waals surface area contributed by atoms with Crippen molar-refractivity contribution in [3.05, 3.63) is 72.9 Å². The summed E-state index contributed by atoms with van der Waals surface area (Å²) in [6.45, 7) is 6.11. The molecule has 280 valence electrons. The number of esters is 2. The van der Waals surface area contributed by atoms with E-state index < -0.39 is 30.9 Å². The molecule has 3 atom stereocenters. The van der Waals surface area contributed by atoms with Crippen molar-refractivity contribution in [3.8, 4) is 0 Å². The van der Waals surface area contributed by atoms with Crippen molar-refractivity contribution in [2.45, 2.75) is 161 Å². The monoisotopic (exact) mass is 687 g/mol. The minimum absolute atomic E-state index is 0.130. The first kappa shape index (κ1) is 46.3. The van der Waals surface area contributed by atoms with E-state index in [0.29, 0.717) is 32.1 Å². The zero-order valence-corrected chi connectivity index (χ0v) is 31.1. The summed E-state index contributed by atoms with van der Waals surface area (Å²) in [5, 5.41) is 29.4. The molecule has 3 N–H and O–H groups in total. The van der Waals surface area contributed by atoms with Crippen LogP contribution >= 0.6 is 0 Å². The Labute approximate surface area is 298 Å². The van der Waals surface area contributed by atoms with Gasteiger partial charge >= 0.3 is 11.9 Å². The van der Waals surface area contributed by atoms with Gasteiger partial charge in [-0.1, -0.05) is 164 Å². The second-order valence-corrected chi connectivity index (χ2v) is 13.2. The first-order valence-corrected chi connectivity index (χ1v) is 19.1. The van der Waals surface area contributed by atoms with Gasteiger partial charge in [-0.25, -0.2) is 0 Å². The van der Waals surface area contributed by atoms with Crippen LogP contribution in [0.1, 0.15) is 143 Å². The lowest BCUT2D eigenvalue weighted by Gasteiger charge is -2.15. The summed E-state index contributed by atoms with van der Waals surface area (Å²) >= 11 is 0. The molecule has 0 aromatic carbocycles. The van der Waals surface area contributed by atoms with Crippen LogP contribution < -0.4 is 0 Å². The van der Waals surface area contributed by atoms with E-state index in [2.05, 4.69) is 20.8 Å². The van der Waals surface area contributed by atoms with Crippen molar-refractivity contribution in [1.82, 2.24) is 0 Å². The van der Waals surface area contributed by atoms with Crippen LogP contribution in [-0.2, 0) is 19.1 Å². The quantitative estimate of drug-likeness (QED) is 0.0280. The third-order valence-electron chi connectivity index (χ3n) is 7.87. The van der Waals surface area contributed by atoms with Crippen LogP contribution in [0.15, 0.2) is 72.9 Å². The minimum atomic E-state index is -0.850. The maximum absolute atomic E-state index is 12.1. The first-order chi connectivity index (χ1) is 23.8. The van der Waals surface area contributed by atoms with E-state index in [-0.39, 0.29) is 19.0 Å². The Morgan fingerprint density at radius 3 is 1.71 bits per heavy atom. The smallest absolute Gasteiger partial charge is 0.306 e. The molecule has 7 nitrogen and oxygen atoms in total. The zero-order valence-electron chi connectivity index (χ0n) is 31.1. The minimum Gasteiger partial charge on any atom is -0.462 e. The lowest BCUT2D eigenvalue weighted by molar-refractivity contribution is -0.161. The molecule has 7 heteroatoms. The highest BCUT2D eigenvalue weighted by atomic mass is 16.6. The van der Waals surface area contributed by atoms with Crippen molar-refractivity contribution in [2.24, 2.45) is 5.92 Å². The van der Waals surface area contributed by atoms with Gasteiger partial charge in [0.05, 0.1) is 18.8 Å².